The highest BCUT2D eigenvalue weighted by Crippen LogP contribution is 2.31. The summed E-state index contributed by atoms with van der Waals surface area (Å²) in [6.07, 6.45) is 0. The topological polar surface area (TPSA) is 30.8 Å². The molecule has 0 atom stereocenters. The minimum atomic E-state index is 0.534. The summed E-state index contributed by atoms with van der Waals surface area (Å²) in [6, 6.07) is 16.1. The van der Waals surface area contributed by atoms with Crippen LogP contribution in [0.1, 0.15) is 11.1 Å². The minimum Gasteiger partial charge on any atom is -0.493 e. The van der Waals surface area contributed by atoms with Gasteiger partial charge < -0.3 is 9.47 Å². The van der Waals surface area contributed by atoms with Crippen LogP contribution in [0.4, 0.5) is 0 Å². The van der Waals surface area contributed by atoms with E-state index in [2.05, 4.69) is 4.99 Å². The molecule has 0 fully saturated rings. The van der Waals surface area contributed by atoms with E-state index in [4.69, 9.17) is 9.47 Å². The van der Waals surface area contributed by atoms with Crippen molar-refractivity contribution in [3.8, 4) is 11.5 Å². The van der Waals surface area contributed by atoms with Crippen molar-refractivity contribution in [1.29, 1.82) is 0 Å². The fourth-order valence-electron chi connectivity index (χ4n) is 2.16. The second-order valence-corrected chi connectivity index (χ2v) is 5.76. The lowest BCUT2D eigenvalue weighted by Crippen LogP contribution is -1.99. The van der Waals surface area contributed by atoms with Gasteiger partial charge in [0.2, 0.25) is 0 Å². The van der Waals surface area contributed by atoms with Crippen LogP contribution < -0.4 is 9.47 Å². The number of thioether (sulfide) groups is 1. The molecule has 1 heterocycles. The highest BCUT2D eigenvalue weighted by molar-refractivity contribution is 8.14. The van der Waals surface area contributed by atoms with Crippen molar-refractivity contribution in [2.45, 2.75) is 6.61 Å². The lowest BCUT2D eigenvalue weighted by atomic mass is 10.2. The molecule has 3 rings (SSSR count). The smallest absolute Gasteiger partial charge is 0.161 e. The average molecular weight is 299 g/mol. The summed E-state index contributed by atoms with van der Waals surface area (Å²) in [5, 5.41) is 1.09. The molecule has 0 amide bonds. The highest BCUT2D eigenvalue weighted by Gasteiger charge is 2.13. The molecular formula is C17H17NO2S. The molecule has 2 aromatic carbocycles. The number of nitrogens with zero attached hydrogens (tertiary/aromatic N) is 1. The van der Waals surface area contributed by atoms with Gasteiger partial charge in [0.25, 0.3) is 0 Å². The Morgan fingerprint density at radius 3 is 2.67 bits per heavy atom. The van der Waals surface area contributed by atoms with E-state index >= 15 is 0 Å². The van der Waals surface area contributed by atoms with Gasteiger partial charge in [-0.1, -0.05) is 30.3 Å². The fourth-order valence-corrected chi connectivity index (χ4v) is 3.02. The van der Waals surface area contributed by atoms with Crippen LogP contribution in [0.3, 0.4) is 0 Å². The predicted octanol–water partition coefficient (Wildman–Crippen LogP) is 3.77. The Labute approximate surface area is 129 Å². The summed E-state index contributed by atoms with van der Waals surface area (Å²) in [5.41, 5.74) is 2.24. The first-order chi connectivity index (χ1) is 10.4. The maximum atomic E-state index is 5.86. The molecular weight excluding hydrogens is 282 g/mol. The molecule has 3 nitrogen and oxygen atoms in total. The zero-order valence-corrected chi connectivity index (χ0v) is 12.7. The molecule has 1 aliphatic heterocycles. The van der Waals surface area contributed by atoms with E-state index in [1.807, 2.05) is 48.5 Å². The van der Waals surface area contributed by atoms with Gasteiger partial charge in [0.05, 0.1) is 12.2 Å². The van der Waals surface area contributed by atoms with Gasteiger partial charge in [0, 0.05) is 17.9 Å². The number of hydrogen-bond donors (Lipinski definition) is 0. The molecule has 0 N–H and O–H groups in total. The summed E-state index contributed by atoms with van der Waals surface area (Å²) in [5.74, 6) is 2.57. The quantitative estimate of drug-likeness (QED) is 0.842. The molecule has 2 aromatic rings. The van der Waals surface area contributed by atoms with E-state index in [1.165, 1.54) is 0 Å². The molecule has 108 valence electrons. The van der Waals surface area contributed by atoms with Crippen LogP contribution in [-0.4, -0.2) is 24.5 Å². The Kier molecular flexibility index (Phi) is 4.46. The van der Waals surface area contributed by atoms with Gasteiger partial charge >= 0.3 is 0 Å². The van der Waals surface area contributed by atoms with Gasteiger partial charge in [-0.05, 0) is 23.8 Å². The third-order valence-corrected chi connectivity index (χ3v) is 4.26. The number of hydrogen-bond acceptors (Lipinski definition) is 4. The number of methoxy groups -OCH3 is 1. The molecule has 0 aromatic heterocycles. The van der Waals surface area contributed by atoms with E-state index in [0.29, 0.717) is 6.61 Å². The van der Waals surface area contributed by atoms with Gasteiger partial charge in [-0.25, -0.2) is 0 Å². The minimum absolute atomic E-state index is 0.534. The van der Waals surface area contributed by atoms with Gasteiger partial charge in [0.15, 0.2) is 11.5 Å². The zero-order chi connectivity index (χ0) is 14.5. The number of aliphatic imine (C=N–C) groups is 1. The highest BCUT2D eigenvalue weighted by atomic mass is 32.2. The SMILES string of the molecule is COc1cc(C2=NCCS2)ccc1OCc1ccccc1. The van der Waals surface area contributed by atoms with Crippen LogP contribution in [0, 0.1) is 0 Å². The first-order valence-corrected chi connectivity index (χ1v) is 7.88. The van der Waals surface area contributed by atoms with Crippen molar-refractivity contribution in [3.05, 3.63) is 59.7 Å². The van der Waals surface area contributed by atoms with Crippen molar-refractivity contribution in [3.63, 3.8) is 0 Å². The lowest BCUT2D eigenvalue weighted by molar-refractivity contribution is 0.284. The normalized spacial score (nSPS) is 13.9. The molecule has 0 spiro atoms. The van der Waals surface area contributed by atoms with Gasteiger partial charge in [-0.3, -0.25) is 4.99 Å². The molecule has 21 heavy (non-hydrogen) atoms. The van der Waals surface area contributed by atoms with Crippen molar-refractivity contribution < 1.29 is 9.47 Å². The standard InChI is InChI=1S/C17H17NO2S/c1-19-16-11-14(17-18-9-10-21-17)7-8-15(16)20-12-13-5-3-2-4-6-13/h2-8,11H,9-10,12H2,1H3. The van der Waals surface area contributed by atoms with E-state index in [0.717, 1.165) is 40.0 Å². The third kappa shape index (κ3) is 3.39. The summed E-state index contributed by atoms with van der Waals surface area (Å²) >= 11 is 1.78. The van der Waals surface area contributed by atoms with E-state index in [1.54, 1.807) is 18.9 Å². The Bertz CT molecular complexity index is 640. The largest absolute Gasteiger partial charge is 0.493 e. The molecule has 1 aliphatic rings. The lowest BCUT2D eigenvalue weighted by Gasteiger charge is -2.12. The summed E-state index contributed by atoms with van der Waals surface area (Å²) in [6.45, 7) is 1.43. The third-order valence-electron chi connectivity index (χ3n) is 3.23. The molecule has 4 heteroatoms. The summed E-state index contributed by atoms with van der Waals surface area (Å²) < 4.78 is 11.3. The Morgan fingerprint density at radius 2 is 1.95 bits per heavy atom. The molecule has 0 aliphatic carbocycles. The van der Waals surface area contributed by atoms with Crippen LogP contribution in [0.5, 0.6) is 11.5 Å². The van der Waals surface area contributed by atoms with Crippen molar-refractivity contribution in [1.82, 2.24) is 0 Å². The first-order valence-electron chi connectivity index (χ1n) is 6.89. The number of rotatable bonds is 5. The molecule has 0 unspecified atom stereocenters. The average Bonchev–Trinajstić information content (AvgIpc) is 3.08. The number of benzene rings is 2. The van der Waals surface area contributed by atoms with E-state index in [-0.39, 0.29) is 0 Å². The molecule has 0 radical (unpaired) electrons. The number of ether oxygens (including phenoxy) is 2. The monoisotopic (exact) mass is 299 g/mol. The van der Waals surface area contributed by atoms with Crippen LogP contribution >= 0.6 is 11.8 Å². The maximum Gasteiger partial charge on any atom is 0.161 e. The molecule has 0 bridgehead atoms. The van der Waals surface area contributed by atoms with E-state index < -0.39 is 0 Å². The fraction of sp³-hybridized carbons (Fsp3) is 0.235. The van der Waals surface area contributed by atoms with Gasteiger partial charge in [-0.15, -0.1) is 11.8 Å². The zero-order valence-electron chi connectivity index (χ0n) is 11.9. The van der Waals surface area contributed by atoms with Gasteiger partial charge in [-0.2, -0.15) is 0 Å². The first kappa shape index (κ1) is 14.0. The van der Waals surface area contributed by atoms with Crippen LogP contribution in [0.25, 0.3) is 0 Å². The Balaban J connectivity index is 1.76. The van der Waals surface area contributed by atoms with Gasteiger partial charge in [0.1, 0.15) is 6.61 Å². The summed E-state index contributed by atoms with van der Waals surface area (Å²) in [7, 11) is 1.66. The Hall–Kier alpha value is -1.94. The maximum absolute atomic E-state index is 5.86. The predicted molar refractivity (Wildman–Crippen MR) is 87.6 cm³/mol. The Morgan fingerprint density at radius 1 is 1.10 bits per heavy atom. The second kappa shape index (κ2) is 6.68. The van der Waals surface area contributed by atoms with E-state index in [9.17, 15) is 0 Å². The summed E-state index contributed by atoms with van der Waals surface area (Å²) in [4.78, 5) is 4.49. The van der Waals surface area contributed by atoms with Crippen LogP contribution in [-0.2, 0) is 6.61 Å². The van der Waals surface area contributed by atoms with Crippen molar-refractivity contribution in [2.24, 2.45) is 4.99 Å². The molecule has 0 saturated heterocycles. The van der Waals surface area contributed by atoms with Crippen molar-refractivity contribution >= 4 is 16.8 Å². The van der Waals surface area contributed by atoms with Crippen LogP contribution in [0.15, 0.2) is 53.5 Å². The van der Waals surface area contributed by atoms with Crippen molar-refractivity contribution in [2.75, 3.05) is 19.4 Å². The van der Waals surface area contributed by atoms with Crippen LogP contribution in [0.2, 0.25) is 0 Å². The second-order valence-electron chi connectivity index (χ2n) is 4.68. The molecule has 0 saturated carbocycles.